The standard InChI is InChI=1S/C73H118O6/c1-4-7-10-13-16-19-22-24-26-28-30-32-33-34-35-36-37-38-39-41-42-44-46-48-51-54-57-60-63-66-72(75)78-69-70(68-77-71(74)65-62-59-56-53-50-21-18-15-12-9-6-3)79-73(76)67-64-61-58-55-52-49-47-45-43-40-31-29-27-25-23-20-17-14-11-8-5-2/h7,10,15-16,18-19,23-26,29-32,34-35,37-38,41-42,46,48,54,57,70H,4-6,8-9,11-14,17,20-22,27-28,33,36,39-40,43-45,47,49-53,55-56,58-69H2,1-3H3/b10-7-,18-15-,19-16-,25-23-,26-24-,31-29-,32-30-,35-34-,38-37-,42-41-,48-46-,57-54-. The number of unbranched alkanes of at least 4 members (excludes halogenated alkanes) is 22. The van der Waals surface area contributed by atoms with Gasteiger partial charge in [0.1, 0.15) is 13.2 Å². The van der Waals surface area contributed by atoms with Crippen molar-refractivity contribution in [1.82, 2.24) is 0 Å². The van der Waals surface area contributed by atoms with Gasteiger partial charge in [-0.25, -0.2) is 0 Å². The molecule has 446 valence electrons. The number of esters is 3. The minimum Gasteiger partial charge on any atom is -0.462 e. The molecule has 0 radical (unpaired) electrons. The minimum absolute atomic E-state index is 0.106. The fourth-order valence-electron chi connectivity index (χ4n) is 8.45. The maximum absolute atomic E-state index is 12.9. The molecule has 1 atom stereocenters. The Morgan fingerprint density at radius 2 is 0.519 bits per heavy atom. The van der Waals surface area contributed by atoms with E-state index in [1.807, 2.05) is 0 Å². The third kappa shape index (κ3) is 64.0. The second-order valence-electron chi connectivity index (χ2n) is 20.9. The van der Waals surface area contributed by atoms with Crippen molar-refractivity contribution in [3.05, 3.63) is 146 Å². The molecular weight excluding hydrogens is 973 g/mol. The van der Waals surface area contributed by atoms with Crippen LogP contribution in [0.25, 0.3) is 0 Å². The lowest BCUT2D eigenvalue weighted by Gasteiger charge is -2.18. The number of carbonyl (C=O) groups excluding carboxylic acids is 3. The van der Waals surface area contributed by atoms with E-state index in [2.05, 4.69) is 167 Å². The molecule has 0 saturated heterocycles. The second kappa shape index (κ2) is 65.8. The molecule has 0 spiro atoms. The van der Waals surface area contributed by atoms with Gasteiger partial charge < -0.3 is 14.2 Å². The van der Waals surface area contributed by atoms with Gasteiger partial charge in [-0.15, -0.1) is 0 Å². The van der Waals surface area contributed by atoms with Crippen molar-refractivity contribution in [2.75, 3.05) is 13.2 Å². The van der Waals surface area contributed by atoms with Crippen LogP contribution in [0.3, 0.4) is 0 Å². The summed E-state index contributed by atoms with van der Waals surface area (Å²) in [6.07, 6.45) is 94.3. The molecule has 0 bridgehead atoms. The molecule has 6 heteroatoms. The van der Waals surface area contributed by atoms with E-state index < -0.39 is 6.10 Å². The van der Waals surface area contributed by atoms with Crippen LogP contribution in [0.1, 0.15) is 278 Å². The van der Waals surface area contributed by atoms with Crippen LogP contribution in [0.2, 0.25) is 0 Å². The van der Waals surface area contributed by atoms with Gasteiger partial charge in [-0.3, -0.25) is 14.4 Å². The lowest BCUT2D eigenvalue weighted by atomic mass is 10.1. The monoisotopic (exact) mass is 1090 g/mol. The van der Waals surface area contributed by atoms with Gasteiger partial charge >= 0.3 is 17.9 Å². The molecule has 6 nitrogen and oxygen atoms in total. The first kappa shape index (κ1) is 74.3. The highest BCUT2D eigenvalue weighted by Gasteiger charge is 2.19. The summed E-state index contributed by atoms with van der Waals surface area (Å²) in [7, 11) is 0. The third-order valence-electron chi connectivity index (χ3n) is 13.3. The lowest BCUT2D eigenvalue weighted by molar-refractivity contribution is -0.167. The van der Waals surface area contributed by atoms with Crippen molar-refractivity contribution in [1.29, 1.82) is 0 Å². The second-order valence-corrected chi connectivity index (χ2v) is 20.9. The predicted molar refractivity (Wildman–Crippen MR) is 343 cm³/mol. The summed E-state index contributed by atoms with van der Waals surface area (Å²) in [5, 5.41) is 0. The van der Waals surface area contributed by atoms with Gasteiger partial charge in [0, 0.05) is 19.3 Å². The molecule has 0 aromatic rings. The topological polar surface area (TPSA) is 78.9 Å². The molecule has 0 N–H and O–H groups in total. The maximum Gasteiger partial charge on any atom is 0.306 e. The summed E-state index contributed by atoms with van der Waals surface area (Å²) in [6.45, 7) is 6.42. The largest absolute Gasteiger partial charge is 0.462 e. The van der Waals surface area contributed by atoms with E-state index in [1.54, 1.807) is 0 Å². The zero-order valence-electron chi connectivity index (χ0n) is 51.1. The van der Waals surface area contributed by atoms with E-state index >= 15 is 0 Å². The number of hydrogen-bond acceptors (Lipinski definition) is 6. The summed E-state index contributed by atoms with van der Waals surface area (Å²) in [6, 6.07) is 0. The summed E-state index contributed by atoms with van der Waals surface area (Å²) < 4.78 is 16.8. The average Bonchev–Trinajstić information content (AvgIpc) is 3.45. The van der Waals surface area contributed by atoms with E-state index in [4.69, 9.17) is 14.2 Å². The van der Waals surface area contributed by atoms with Crippen LogP contribution in [-0.4, -0.2) is 37.2 Å². The molecule has 0 amide bonds. The van der Waals surface area contributed by atoms with Gasteiger partial charge in [0.15, 0.2) is 6.10 Å². The highest BCUT2D eigenvalue weighted by Crippen LogP contribution is 2.14. The van der Waals surface area contributed by atoms with E-state index in [1.165, 1.54) is 109 Å². The van der Waals surface area contributed by atoms with E-state index in [-0.39, 0.29) is 37.5 Å². The van der Waals surface area contributed by atoms with Crippen LogP contribution in [0.4, 0.5) is 0 Å². The zero-order valence-corrected chi connectivity index (χ0v) is 51.1. The van der Waals surface area contributed by atoms with Gasteiger partial charge in [0.25, 0.3) is 0 Å². The molecule has 0 heterocycles. The summed E-state index contributed by atoms with van der Waals surface area (Å²) in [5.74, 6) is -0.983. The van der Waals surface area contributed by atoms with Crippen LogP contribution in [0.15, 0.2) is 146 Å². The van der Waals surface area contributed by atoms with Crippen molar-refractivity contribution in [3.8, 4) is 0 Å². The number of carbonyl (C=O) groups is 3. The Labute approximate surface area is 487 Å². The Bertz CT molecular complexity index is 1730. The molecule has 0 aromatic carbocycles. The fraction of sp³-hybridized carbons (Fsp3) is 0.630. The van der Waals surface area contributed by atoms with Gasteiger partial charge in [-0.2, -0.15) is 0 Å². The van der Waals surface area contributed by atoms with Gasteiger partial charge in [0.05, 0.1) is 0 Å². The first-order valence-electron chi connectivity index (χ1n) is 32.3. The molecule has 0 aliphatic carbocycles. The predicted octanol–water partition coefficient (Wildman–Crippen LogP) is 22.3. The Kier molecular flexibility index (Phi) is 61.9. The van der Waals surface area contributed by atoms with E-state index in [0.717, 1.165) is 122 Å². The quantitative estimate of drug-likeness (QED) is 0.0261. The highest BCUT2D eigenvalue weighted by atomic mass is 16.6. The molecule has 0 rings (SSSR count). The van der Waals surface area contributed by atoms with Crippen molar-refractivity contribution < 1.29 is 28.6 Å². The van der Waals surface area contributed by atoms with Gasteiger partial charge in [-0.05, 0) is 135 Å². The Morgan fingerprint density at radius 1 is 0.266 bits per heavy atom. The summed E-state index contributed by atoms with van der Waals surface area (Å²) in [5.41, 5.74) is 0. The first-order chi connectivity index (χ1) is 39.0. The van der Waals surface area contributed by atoms with Crippen molar-refractivity contribution >= 4 is 17.9 Å². The first-order valence-corrected chi connectivity index (χ1v) is 32.3. The molecule has 0 saturated carbocycles. The minimum atomic E-state index is -0.814. The van der Waals surface area contributed by atoms with Gasteiger partial charge in [-0.1, -0.05) is 269 Å². The SMILES string of the molecule is CC/C=C\C/C=C\C/C=C\C/C=C\C/C=C\C/C=C\C/C=C\C/C=C\C/C=C\CCCC(=O)OCC(COC(=O)CCCCCCC/C=C\CCCC)OC(=O)CCCCCCCCCCC/C=C\C/C=C\CCCCCCC. The van der Waals surface area contributed by atoms with Crippen molar-refractivity contribution in [2.45, 2.75) is 284 Å². The third-order valence-corrected chi connectivity index (χ3v) is 13.3. The maximum atomic E-state index is 12.9. The average molecular weight is 1090 g/mol. The van der Waals surface area contributed by atoms with Crippen molar-refractivity contribution in [3.63, 3.8) is 0 Å². The van der Waals surface area contributed by atoms with E-state index in [0.29, 0.717) is 19.3 Å². The number of allylic oxidation sites excluding steroid dienone is 24. The summed E-state index contributed by atoms with van der Waals surface area (Å²) >= 11 is 0. The van der Waals surface area contributed by atoms with E-state index in [9.17, 15) is 14.4 Å². The molecule has 0 aliphatic heterocycles. The van der Waals surface area contributed by atoms with Crippen molar-refractivity contribution in [2.24, 2.45) is 0 Å². The molecule has 0 aliphatic rings. The molecule has 0 fully saturated rings. The zero-order chi connectivity index (χ0) is 57.1. The number of rotatable bonds is 57. The number of ether oxygens (including phenoxy) is 3. The van der Waals surface area contributed by atoms with Crippen LogP contribution in [0.5, 0.6) is 0 Å². The molecule has 79 heavy (non-hydrogen) atoms. The highest BCUT2D eigenvalue weighted by molar-refractivity contribution is 5.71. The number of hydrogen-bond donors (Lipinski definition) is 0. The Hall–Kier alpha value is -4.71. The van der Waals surface area contributed by atoms with Crippen LogP contribution in [0, 0.1) is 0 Å². The lowest BCUT2D eigenvalue weighted by Crippen LogP contribution is -2.30. The summed E-state index contributed by atoms with van der Waals surface area (Å²) in [4.78, 5) is 38.2. The Morgan fingerprint density at radius 3 is 0.873 bits per heavy atom. The fourth-order valence-corrected chi connectivity index (χ4v) is 8.45. The molecule has 0 aromatic heterocycles. The normalized spacial score (nSPS) is 13.1. The van der Waals surface area contributed by atoms with Gasteiger partial charge in [0.2, 0.25) is 0 Å². The van der Waals surface area contributed by atoms with Crippen LogP contribution in [-0.2, 0) is 28.6 Å². The smallest absolute Gasteiger partial charge is 0.306 e. The van der Waals surface area contributed by atoms with Crippen LogP contribution >= 0.6 is 0 Å². The molecule has 1 unspecified atom stereocenters. The Balaban J connectivity index is 4.42. The molecular formula is C73H118O6. The van der Waals surface area contributed by atoms with Crippen LogP contribution < -0.4 is 0 Å².